The van der Waals surface area contributed by atoms with Gasteiger partial charge in [0, 0.05) is 35.5 Å². The van der Waals surface area contributed by atoms with E-state index in [-0.39, 0.29) is 42.0 Å². The highest BCUT2D eigenvalue weighted by Crippen LogP contribution is 2.29. The Bertz CT molecular complexity index is 1800. The average Bonchev–Trinajstić information content (AvgIpc) is 3.57. The van der Waals surface area contributed by atoms with Gasteiger partial charge < -0.3 is 27.0 Å². The predicted octanol–water partition coefficient (Wildman–Crippen LogP) is 4.40. The lowest BCUT2D eigenvalue weighted by Gasteiger charge is -2.28. The zero-order valence-electron chi connectivity index (χ0n) is 27.6. The van der Waals surface area contributed by atoms with Crippen LogP contribution in [0.5, 0.6) is 0 Å². The normalized spacial score (nSPS) is 19.6. The first kappa shape index (κ1) is 35.6. The van der Waals surface area contributed by atoms with Crippen molar-refractivity contribution in [2.45, 2.75) is 64.0 Å². The lowest BCUT2D eigenvalue weighted by molar-refractivity contribution is -0.130. The number of piperidine rings is 1. The van der Waals surface area contributed by atoms with Crippen LogP contribution in [0.1, 0.15) is 60.0 Å². The molecule has 0 radical (unpaired) electrons. The number of carbonyl (C=O) groups excluding carboxylic acids is 4. The fourth-order valence-corrected chi connectivity index (χ4v) is 6.74. The van der Waals surface area contributed by atoms with Crippen LogP contribution in [0.25, 0.3) is 22.0 Å². The van der Waals surface area contributed by atoms with Gasteiger partial charge in [0.25, 0.3) is 5.91 Å². The first-order valence-corrected chi connectivity index (χ1v) is 16.8. The van der Waals surface area contributed by atoms with Crippen LogP contribution in [0.15, 0.2) is 66.9 Å². The molecule has 1 unspecified atom stereocenters. The maximum absolute atomic E-state index is 13.6. The minimum Gasteiger partial charge on any atom is -0.354 e. The SMILES string of the molecule is Cc1cc(C(=O)NC2CCCNC2=O)ccc1-c1ccc(C[C@H](NC(=O)[C@H]2CC[C@H](CN)CC2)C(=O)Nc2ccc3cn[nH]c3c2)cc1.Cl. The number of rotatable bonds is 10. The number of H-pyrrole nitrogens is 1. The van der Waals surface area contributed by atoms with Crippen molar-refractivity contribution < 1.29 is 19.2 Å². The van der Waals surface area contributed by atoms with Gasteiger partial charge in [0.2, 0.25) is 17.7 Å². The second-order valence-electron chi connectivity index (χ2n) is 13.1. The molecule has 2 aliphatic rings. The molecule has 6 rings (SSSR count). The fourth-order valence-electron chi connectivity index (χ4n) is 6.74. The Morgan fingerprint density at radius 1 is 0.980 bits per heavy atom. The van der Waals surface area contributed by atoms with Crippen molar-refractivity contribution in [1.82, 2.24) is 26.1 Å². The molecule has 7 N–H and O–H groups in total. The molecule has 11 nitrogen and oxygen atoms in total. The lowest BCUT2D eigenvalue weighted by Crippen LogP contribution is -2.50. The number of nitrogens with one attached hydrogen (secondary N) is 5. The first-order valence-electron chi connectivity index (χ1n) is 16.8. The van der Waals surface area contributed by atoms with Gasteiger partial charge in [-0.1, -0.05) is 30.3 Å². The minimum atomic E-state index is -0.779. The number of anilines is 1. The maximum atomic E-state index is 13.6. The third-order valence-corrected chi connectivity index (χ3v) is 9.68. The van der Waals surface area contributed by atoms with E-state index in [4.69, 9.17) is 5.73 Å². The number of nitrogens with two attached hydrogens (primary N) is 1. The molecule has 0 bridgehead atoms. The molecule has 0 spiro atoms. The molecule has 49 heavy (non-hydrogen) atoms. The van der Waals surface area contributed by atoms with Crippen LogP contribution in [0, 0.1) is 18.8 Å². The number of fused-ring (bicyclic) bond motifs is 1. The van der Waals surface area contributed by atoms with Crippen LogP contribution in [-0.4, -0.2) is 59.0 Å². The zero-order valence-corrected chi connectivity index (χ0v) is 28.4. The Kier molecular flexibility index (Phi) is 11.7. The molecule has 1 aromatic heterocycles. The van der Waals surface area contributed by atoms with Crippen molar-refractivity contribution in [2.75, 3.05) is 18.4 Å². The summed E-state index contributed by atoms with van der Waals surface area (Å²) in [6, 6.07) is 17.6. The number of benzene rings is 3. The van der Waals surface area contributed by atoms with Crippen LogP contribution in [0.2, 0.25) is 0 Å². The van der Waals surface area contributed by atoms with Gasteiger partial charge in [0.1, 0.15) is 12.1 Å². The van der Waals surface area contributed by atoms with Crippen LogP contribution >= 0.6 is 12.4 Å². The van der Waals surface area contributed by atoms with E-state index < -0.39 is 12.1 Å². The number of hydrogen-bond acceptors (Lipinski definition) is 6. The van der Waals surface area contributed by atoms with Crippen molar-refractivity contribution in [3.8, 4) is 11.1 Å². The van der Waals surface area contributed by atoms with Crippen LogP contribution in [-0.2, 0) is 20.8 Å². The monoisotopic (exact) mass is 685 g/mol. The number of aryl methyl sites for hydroxylation is 1. The van der Waals surface area contributed by atoms with E-state index in [1.807, 2.05) is 61.5 Å². The molecule has 1 aliphatic heterocycles. The van der Waals surface area contributed by atoms with Gasteiger partial charge in [-0.3, -0.25) is 24.3 Å². The quantitative estimate of drug-likeness (QED) is 0.145. The minimum absolute atomic E-state index is 0. The maximum Gasteiger partial charge on any atom is 0.251 e. The second-order valence-corrected chi connectivity index (χ2v) is 13.1. The van der Waals surface area contributed by atoms with E-state index in [2.05, 4.69) is 31.5 Å². The standard InChI is InChI=1S/C37H43N7O4.ClH/c1-22-17-27(35(46)42-31-3-2-16-39-36(31)47)13-15-30(22)25-8-4-23(5-9-25)18-33(43-34(45)26-10-6-24(20-38)7-11-26)37(48)41-29-14-12-28-21-40-44-32(28)19-29;/h4-5,8-9,12-15,17,19,21,24,26,31,33H,2-3,6-7,10-11,16,18,20,38H2,1H3,(H,39,47)(H,40,44)(H,41,48)(H,42,46)(H,43,45);1H/t24-,26-,31?,33-;/m0./s1. The Morgan fingerprint density at radius 2 is 1.76 bits per heavy atom. The second kappa shape index (κ2) is 16.1. The molecule has 4 aromatic rings. The Labute approximate surface area is 292 Å². The number of nitrogens with zero attached hydrogens (tertiary/aromatic N) is 1. The van der Waals surface area contributed by atoms with Crippen LogP contribution in [0.3, 0.4) is 0 Å². The third kappa shape index (κ3) is 8.65. The number of halogens is 1. The molecule has 2 heterocycles. The molecule has 3 aromatic carbocycles. The summed E-state index contributed by atoms with van der Waals surface area (Å²) in [7, 11) is 0. The Morgan fingerprint density at radius 3 is 2.47 bits per heavy atom. The van der Waals surface area contributed by atoms with Gasteiger partial charge in [0.15, 0.2) is 0 Å². The van der Waals surface area contributed by atoms with E-state index in [0.717, 1.165) is 65.3 Å². The molecule has 2 atom stereocenters. The number of amides is 4. The molecular formula is C37H44ClN7O4. The van der Waals surface area contributed by atoms with Gasteiger partial charge in [-0.25, -0.2) is 0 Å². The van der Waals surface area contributed by atoms with Gasteiger partial charge in [-0.15, -0.1) is 12.4 Å². The first-order chi connectivity index (χ1) is 23.3. The molecule has 12 heteroatoms. The van der Waals surface area contributed by atoms with Crippen molar-refractivity contribution in [3.63, 3.8) is 0 Å². The average molecular weight is 686 g/mol. The molecule has 1 saturated heterocycles. The fraction of sp³-hybridized carbons (Fsp3) is 0.378. The van der Waals surface area contributed by atoms with Crippen molar-refractivity contribution in [1.29, 1.82) is 0 Å². The summed E-state index contributed by atoms with van der Waals surface area (Å²) in [4.78, 5) is 52.0. The number of aromatic amines is 1. The van der Waals surface area contributed by atoms with Gasteiger partial charge in [0.05, 0.1) is 11.7 Å². The summed E-state index contributed by atoms with van der Waals surface area (Å²) in [5, 5.41) is 19.6. The Balaban J connectivity index is 0.00000468. The van der Waals surface area contributed by atoms with Gasteiger partial charge in [-0.2, -0.15) is 5.10 Å². The number of hydrogen-bond donors (Lipinski definition) is 6. The Hall–Kier alpha value is -4.74. The highest BCUT2D eigenvalue weighted by molar-refractivity contribution is 5.99. The predicted molar refractivity (Wildman–Crippen MR) is 192 cm³/mol. The molecular weight excluding hydrogens is 642 g/mol. The summed E-state index contributed by atoms with van der Waals surface area (Å²) < 4.78 is 0. The molecule has 2 fully saturated rings. The summed E-state index contributed by atoms with van der Waals surface area (Å²) in [5.74, 6) is -0.504. The number of carbonyl (C=O) groups is 4. The summed E-state index contributed by atoms with van der Waals surface area (Å²) in [6.45, 7) is 3.22. The van der Waals surface area contributed by atoms with E-state index in [1.54, 1.807) is 12.3 Å². The van der Waals surface area contributed by atoms with Crippen molar-refractivity contribution in [2.24, 2.45) is 17.6 Å². The van der Waals surface area contributed by atoms with Crippen molar-refractivity contribution >= 4 is 52.6 Å². The van der Waals surface area contributed by atoms with Crippen LogP contribution in [0.4, 0.5) is 5.69 Å². The zero-order chi connectivity index (χ0) is 33.6. The summed E-state index contributed by atoms with van der Waals surface area (Å²) in [5.41, 5.74) is 11.5. The third-order valence-electron chi connectivity index (χ3n) is 9.68. The highest BCUT2D eigenvalue weighted by atomic mass is 35.5. The molecule has 4 amide bonds. The van der Waals surface area contributed by atoms with E-state index >= 15 is 0 Å². The largest absolute Gasteiger partial charge is 0.354 e. The smallest absolute Gasteiger partial charge is 0.251 e. The van der Waals surface area contributed by atoms with Gasteiger partial charge >= 0.3 is 0 Å². The molecule has 1 saturated carbocycles. The van der Waals surface area contributed by atoms with Crippen LogP contribution < -0.4 is 27.0 Å². The van der Waals surface area contributed by atoms with E-state index in [9.17, 15) is 19.2 Å². The molecule has 258 valence electrons. The van der Waals surface area contributed by atoms with Gasteiger partial charge in [-0.05, 0) is 110 Å². The van der Waals surface area contributed by atoms with E-state index in [0.29, 0.717) is 43.1 Å². The topological polar surface area (TPSA) is 171 Å². The lowest BCUT2D eigenvalue weighted by atomic mass is 9.81. The highest BCUT2D eigenvalue weighted by Gasteiger charge is 2.30. The van der Waals surface area contributed by atoms with Crippen molar-refractivity contribution in [3.05, 3.63) is 83.6 Å². The summed E-state index contributed by atoms with van der Waals surface area (Å²) >= 11 is 0. The number of aromatic nitrogens is 2. The molecule has 1 aliphatic carbocycles. The summed E-state index contributed by atoms with van der Waals surface area (Å²) in [6.07, 6.45) is 6.87. The van der Waals surface area contributed by atoms with E-state index in [1.165, 1.54) is 0 Å².